The normalized spacial score (nSPS) is 12.9. The standard InChI is InChI=1S/C10H8BrNO2S/c11-7-4-5-9(15(13)14)10-6(7)2-1-3-8(10)12/h1-5H,12H2,(H,13,14). The van der Waals surface area contributed by atoms with E-state index in [2.05, 4.69) is 15.9 Å². The largest absolute Gasteiger partial charge is 0.398 e. The minimum absolute atomic E-state index is 0.339. The van der Waals surface area contributed by atoms with E-state index in [4.69, 9.17) is 10.3 Å². The Labute approximate surface area is 97.7 Å². The lowest BCUT2D eigenvalue weighted by Crippen LogP contribution is -1.95. The van der Waals surface area contributed by atoms with E-state index >= 15 is 0 Å². The molecule has 0 aliphatic heterocycles. The lowest BCUT2D eigenvalue weighted by atomic mass is 10.1. The Balaban J connectivity index is 2.96. The van der Waals surface area contributed by atoms with Crippen LogP contribution in [0, 0.1) is 0 Å². The molecule has 2 rings (SSSR count). The van der Waals surface area contributed by atoms with Crippen LogP contribution in [0.3, 0.4) is 0 Å². The van der Waals surface area contributed by atoms with Crippen LogP contribution in [0.15, 0.2) is 39.7 Å². The minimum Gasteiger partial charge on any atom is -0.398 e. The first kappa shape index (κ1) is 10.6. The Kier molecular flexibility index (Phi) is 2.77. The van der Waals surface area contributed by atoms with E-state index in [0.29, 0.717) is 16.0 Å². The van der Waals surface area contributed by atoms with Gasteiger partial charge in [-0.25, -0.2) is 4.21 Å². The van der Waals surface area contributed by atoms with Crippen LogP contribution in [0.1, 0.15) is 0 Å². The van der Waals surface area contributed by atoms with Crippen LogP contribution >= 0.6 is 15.9 Å². The highest BCUT2D eigenvalue weighted by Crippen LogP contribution is 2.32. The lowest BCUT2D eigenvalue weighted by molar-refractivity contribution is 0.565. The molecule has 0 aromatic heterocycles. The zero-order valence-corrected chi connectivity index (χ0v) is 10.0. The van der Waals surface area contributed by atoms with E-state index in [1.165, 1.54) is 0 Å². The summed E-state index contributed by atoms with van der Waals surface area (Å²) in [5.41, 5.74) is 6.30. The van der Waals surface area contributed by atoms with Crippen LogP contribution in [0.2, 0.25) is 0 Å². The molecule has 1 unspecified atom stereocenters. The Hall–Kier alpha value is -0.910. The molecule has 2 aromatic carbocycles. The summed E-state index contributed by atoms with van der Waals surface area (Å²) in [6.07, 6.45) is 0. The van der Waals surface area contributed by atoms with Gasteiger partial charge in [0, 0.05) is 15.5 Å². The molecule has 0 aliphatic rings. The third kappa shape index (κ3) is 1.78. The second kappa shape index (κ2) is 3.92. The topological polar surface area (TPSA) is 63.3 Å². The molecule has 15 heavy (non-hydrogen) atoms. The number of hydrogen-bond acceptors (Lipinski definition) is 2. The van der Waals surface area contributed by atoms with Gasteiger partial charge < -0.3 is 10.3 Å². The van der Waals surface area contributed by atoms with E-state index in [1.54, 1.807) is 18.2 Å². The smallest absolute Gasteiger partial charge is 0.187 e. The zero-order valence-electron chi connectivity index (χ0n) is 7.61. The molecule has 2 aromatic rings. The Morgan fingerprint density at radius 1 is 1.27 bits per heavy atom. The summed E-state index contributed by atoms with van der Waals surface area (Å²) >= 11 is 1.36. The van der Waals surface area contributed by atoms with Crippen LogP contribution in [0.5, 0.6) is 0 Å². The summed E-state index contributed by atoms with van der Waals surface area (Å²) in [4.78, 5) is 0.339. The van der Waals surface area contributed by atoms with Crippen LogP contribution in [-0.2, 0) is 11.1 Å². The number of fused-ring (bicyclic) bond motifs is 1. The number of rotatable bonds is 1. The second-order valence-electron chi connectivity index (χ2n) is 3.06. The van der Waals surface area contributed by atoms with Crippen molar-refractivity contribution in [1.29, 1.82) is 0 Å². The van der Waals surface area contributed by atoms with Crippen LogP contribution < -0.4 is 5.73 Å². The maximum absolute atomic E-state index is 11.1. The molecular weight excluding hydrogens is 278 g/mol. The van der Waals surface area contributed by atoms with Gasteiger partial charge in [-0.15, -0.1) is 0 Å². The quantitative estimate of drug-likeness (QED) is 0.626. The summed E-state index contributed by atoms with van der Waals surface area (Å²) < 4.78 is 21.1. The summed E-state index contributed by atoms with van der Waals surface area (Å²) in [5.74, 6) is 0. The third-order valence-corrected chi connectivity index (χ3v) is 3.58. The third-order valence-electron chi connectivity index (χ3n) is 2.17. The van der Waals surface area contributed by atoms with Crippen LogP contribution in [0.4, 0.5) is 5.69 Å². The van der Waals surface area contributed by atoms with Crippen LogP contribution in [-0.4, -0.2) is 8.76 Å². The highest BCUT2D eigenvalue weighted by Gasteiger charge is 2.10. The first-order chi connectivity index (χ1) is 7.11. The molecular formula is C10H8BrNO2S. The van der Waals surface area contributed by atoms with Gasteiger partial charge in [-0.05, 0) is 23.6 Å². The van der Waals surface area contributed by atoms with Crippen molar-refractivity contribution in [2.24, 2.45) is 0 Å². The molecule has 0 saturated carbocycles. The van der Waals surface area contributed by atoms with Gasteiger partial charge in [-0.1, -0.05) is 28.1 Å². The summed E-state index contributed by atoms with van der Waals surface area (Å²) in [7, 11) is 0. The lowest BCUT2D eigenvalue weighted by Gasteiger charge is -2.07. The van der Waals surface area contributed by atoms with Crippen molar-refractivity contribution in [1.82, 2.24) is 0 Å². The minimum atomic E-state index is -2.02. The molecule has 0 fully saturated rings. The number of anilines is 1. The fourth-order valence-corrected chi connectivity index (χ4v) is 2.56. The number of hydrogen-bond donors (Lipinski definition) is 2. The molecule has 0 aliphatic carbocycles. The van der Waals surface area contributed by atoms with Gasteiger partial charge in [-0.3, -0.25) is 0 Å². The number of nitrogen functional groups attached to an aromatic ring is 1. The molecule has 0 saturated heterocycles. The highest BCUT2D eigenvalue weighted by molar-refractivity contribution is 9.10. The van der Waals surface area contributed by atoms with Gasteiger partial charge in [0.25, 0.3) is 0 Å². The van der Waals surface area contributed by atoms with Crippen molar-refractivity contribution >= 4 is 43.5 Å². The molecule has 0 amide bonds. The van der Waals surface area contributed by atoms with Gasteiger partial charge in [-0.2, -0.15) is 0 Å². The fraction of sp³-hybridized carbons (Fsp3) is 0. The second-order valence-corrected chi connectivity index (χ2v) is 4.86. The SMILES string of the molecule is Nc1cccc2c(Br)ccc(S(=O)O)c12. The Bertz CT molecular complexity index is 556. The molecule has 78 valence electrons. The highest BCUT2D eigenvalue weighted by atomic mass is 79.9. The molecule has 0 bridgehead atoms. The predicted octanol–water partition coefficient (Wildman–Crippen LogP) is 2.77. The molecule has 0 radical (unpaired) electrons. The van der Waals surface area contributed by atoms with Crippen LogP contribution in [0.25, 0.3) is 10.8 Å². The van der Waals surface area contributed by atoms with Crippen molar-refractivity contribution in [3.8, 4) is 0 Å². The average molecular weight is 286 g/mol. The van der Waals surface area contributed by atoms with Gasteiger partial charge >= 0.3 is 0 Å². The first-order valence-corrected chi connectivity index (χ1v) is 6.09. The Morgan fingerprint density at radius 3 is 2.67 bits per heavy atom. The Morgan fingerprint density at radius 2 is 2.00 bits per heavy atom. The first-order valence-electron chi connectivity index (χ1n) is 4.19. The number of benzene rings is 2. The maximum Gasteiger partial charge on any atom is 0.187 e. The van der Waals surface area contributed by atoms with E-state index in [0.717, 1.165) is 9.86 Å². The van der Waals surface area contributed by atoms with Crippen molar-refractivity contribution in [3.63, 3.8) is 0 Å². The fourth-order valence-electron chi connectivity index (χ4n) is 1.51. The molecule has 0 spiro atoms. The molecule has 5 heteroatoms. The number of halogens is 1. The molecule has 3 nitrogen and oxygen atoms in total. The maximum atomic E-state index is 11.1. The van der Waals surface area contributed by atoms with Crippen molar-refractivity contribution in [3.05, 3.63) is 34.8 Å². The number of nitrogens with two attached hydrogens (primary N) is 1. The van der Waals surface area contributed by atoms with Crippen molar-refractivity contribution < 1.29 is 8.76 Å². The monoisotopic (exact) mass is 285 g/mol. The van der Waals surface area contributed by atoms with E-state index in [-0.39, 0.29) is 0 Å². The van der Waals surface area contributed by atoms with Gasteiger partial charge in [0.05, 0.1) is 4.90 Å². The van der Waals surface area contributed by atoms with E-state index < -0.39 is 11.1 Å². The zero-order chi connectivity index (χ0) is 11.0. The van der Waals surface area contributed by atoms with Crippen molar-refractivity contribution in [2.75, 3.05) is 5.73 Å². The van der Waals surface area contributed by atoms with E-state index in [1.807, 2.05) is 12.1 Å². The summed E-state index contributed by atoms with van der Waals surface area (Å²) in [5, 5.41) is 1.47. The summed E-state index contributed by atoms with van der Waals surface area (Å²) in [6.45, 7) is 0. The molecule has 1 atom stereocenters. The van der Waals surface area contributed by atoms with E-state index in [9.17, 15) is 4.21 Å². The molecule has 3 N–H and O–H groups in total. The van der Waals surface area contributed by atoms with Crippen molar-refractivity contribution in [2.45, 2.75) is 4.90 Å². The average Bonchev–Trinajstić information content (AvgIpc) is 2.19. The van der Waals surface area contributed by atoms with Gasteiger partial charge in [0.1, 0.15) is 0 Å². The van der Waals surface area contributed by atoms with Gasteiger partial charge in [0.2, 0.25) is 0 Å². The van der Waals surface area contributed by atoms with Gasteiger partial charge in [0.15, 0.2) is 11.1 Å². The summed E-state index contributed by atoms with van der Waals surface area (Å²) in [6, 6.07) is 8.72. The molecule has 0 heterocycles. The predicted molar refractivity (Wildman–Crippen MR) is 65.1 cm³/mol.